The fraction of sp³-hybridized carbons (Fsp3) is 0.929. The average Bonchev–Trinajstić information content (AvgIpc) is 2.25. The van der Waals surface area contributed by atoms with Crippen molar-refractivity contribution in [1.82, 2.24) is 0 Å². The molecule has 88 valence electrons. The Labute approximate surface area is 96.7 Å². The third-order valence-electron chi connectivity index (χ3n) is 5.77. The van der Waals surface area contributed by atoms with Gasteiger partial charge in [0.25, 0.3) is 0 Å². The van der Waals surface area contributed by atoms with Crippen molar-refractivity contribution >= 4 is 5.97 Å². The van der Waals surface area contributed by atoms with Crippen molar-refractivity contribution in [2.75, 3.05) is 0 Å². The molecule has 2 heteroatoms. The van der Waals surface area contributed by atoms with E-state index < -0.39 is 0 Å². The van der Waals surface area contributed by atoms with Gasteiger partial charge < -0.3 is 4.74 Å². The minimum Gasteiger partial charge on any atom is -0.458 e. The second-order valence-corrected chi connectivity index (χ2v) is 6.59. The first-order valence-corrected chi connectivity index (χ1v) is 6.98. The van der Waals surface area contributed by atoms with Gasteiger partial charge in [-0.1, -0.05) is 0 Å². The zero-order valence-corrected chi connectivity index (χ0v) is 9.78. The number of carbonyl (C=O) groups is 1. The van der Waals surface area contributed by atoms with Gasteiger partial charge in [-0.05, 0) is 68.6 Å². The molecule has 1 saturated heterocycles. The quantitative estimate of drug-likeness (QED) is 0.587. The Morgan fingerprint density at radius 3 is 2.19 bits per heavy atom. The summed E-state index contributed by atoms with van der Waals surface area (Å²) >= 11 is 0. The van der Waals surface area contributed by atoms with Crippen LogP contribution in [0.5, 0.6) is 0 Å². The van der Waals surface area contributed by atoms with E-state index in [4.69, 9.17) is 4.74 Å². The molecule has 0 amide bonds. The number of carbonyl (C=O) groups excluding carboxylic acids is 1. The molecule has 5 rings (SSSR count). The molecule has 0 aromatic rings. The van der Waals surface area contributed by atoms with Gasteiger partial charge in [-0.25, -0.2) is 0 Å². The van der Waals surface area contributed by atoms with E-state index >= 15 is 0 Å². The molecule has 1 aliphatic heterocycles. The van der Waals surface area contributed by atoms with Gasteiger partial charge >= 0.3 is 5.97 Å². The SMILES string of the molecule is O=C1CCCC2(O1)C1CC3CC(C1)CC2C3. The fourth-order valence-corrected chi connectivity index (χ4v) is 5.38. The van der Waals surface area contributed by atoms with Crippen molar-refractivity contribution in [2.24, 2.45) is 23.7 Å². The zero-order valence-electron chi connectivity index (χ0n) is 9.78. The monoisotopic (exact) mass is 220 g/mol. The van der Waals surface area contributed by atoms with Crippen LogP contribution in [-0.4, -0.2) is 11.6 Å². The van der Waals surface area contributed by atoms with E-state index in [1.54, 1.807) is 0 Å². The zero-order chi connectivity index (χ0) is 10.8. The number of hydrogen-bond donors (Lipinski definition) is 0. The summed E-state index contributed by atoms with van der Waals surface area (Å²) in [7, 11) is 0. The number of hydrogen-bond acceptors (Lipinski definition) is 2. The third-order valence-corrected chi connectivity index (χ3v) is 5.77. The van der Waals surface area contributed by atoms with Gasteiger partial charge in [-0.15, -0.1) is 0 Å². The van der Waals surface area contributed by atoms with E-state index in [9.17, 15) is 4.79 Å². The molecule has 4 saturated carbocycles. The number of rotatable bonds is 0. The maximum atomic E-state index is 11.6. The second kappa shape index (κ2) is 3.02. The van der Waals surface area contributed by atoms with Crippen LogP contribution in [-0.2, 0) is 9.53 Å². The van der Waals surface area contributed by atoms with Crippen LogP contribution in [0.2, 0.25) is 0 Å². The van der Waals surface area contributed by atoms with E-state index in [0.29, 0.717) is 18.3 Å². The molecule has 0 unspecified atom stereocenters. The lowest BCUT2D eigenvalue weighted by atomic mass is 9.48. The third kappa shape index (κ3) is 1.11. The van der Waals surface area contributed by atoms with Crippen molar-refractivity contribution < 1.29 is 9.53 Å². The summed E-state index contributed by atoms with van der Waals surface area (Å²) in [5, 5.41) is 0. The predicted octanol–water partition coefficient (Wildman–Crippen LogP) is 2.91. The lowest BCUT2D eigenvalue weighted by molar-refractivity contribution is -0.221. The lowest BCUT2D eigenvalue weighted by Crippen LogP contribution is -2.60. The Hall–Kier alpha value is -0.530. The van der Waals surface area contributed by atoms with Gasteiger partial charge in [0.05, 0.1) is 0 Å². The summed E-state index contributed by atoms with van der Waals surface area (Å²) in [6, 6.07) is 0. The van der Waals surface area contributed by atoms with Crippen LogP contribution in [0.15, 0.2) is 0 Å². The molecule has 5 aliphatic rings. The van der Waals surface area contributed by atoms with E-state index in [0.717, 1.165) is 24.7 Å². The normalized spacial score (nSPS) is 54.4. The lowest BCUT2D eigenvalue weighted by Gasteiger charge is -2.61. The molecule has 0 atom stereocenters. The van der Waals surface area contributed by atoms with Gasteiger partial charge in [0, 0.05) is 6.42 Å². The Balaban J connectivity index is 1.70. The first-order chi connectivity index (χ1) is 7.76. The van der Waals surface area contributed by atoms with Crippen molar-refractivity contribution in [3.8, 4) is 0 Å². The minimum absolute atomic E-state index is 0.00273. The van der Waals surface area contributed by atoms with Gasteiger partial charge in [0.1, 0.15) is 5.60 Å². The smallest absolute Gasteiger partial charge is 0.306 e. The van der Waals surface area contributed by atoms with Crippen LogP contribution in [0.1, 0.15) is 51.4 Å². The highest BCUT2D eigenvalue weighted by Gasteiger charge is 2.59. The Bertz CT molecular complexity index is 306. The largest absolute Gasteiger partial charge is 0.458 e. The molecule has 2 nitrogen and oxygen atoms in total. The molecule has 1 spiro atoms. The van der Waals surface area contributed by atoms with E-state index in [1.165, 1.54) is 32.1 Å². The number of ether oxygens (including phenoxy) is 1. The molecule has 0 N–H and O–H groups in total. The molecule has 1 heterocycles. The van der Waals surface area contributed by atoms with Crippen LogP contribution < -0.4 is 0 Å². The van der Waals surface area contributed by atoms with Crippen LogP contribution in [0, 0.1) is 23.7 Å². The van der Waals surface area contributed by atoms with Crippen LogP contribution >= 0.6 is 0 Å². The maximum Gasteiger partial charge on any atom is 0.306 e. The molecular weight excluding hydrogens is 200 g/mol. The Morgan fingerprint density at radius 2 is 1.62 bits per heavy atom. The Kier molecular flexibility index (Phi) is 1.79. The average molecular weight is 220 g/mol. The van der Waals surface area contributed by atoms with Crippen molar-refractivity contribution in [3.05, 3.63) is 0 Å². The molecule has 4 aliphatic carbocycles. The summed E-state index contributed by atoms with van der Waals surface area (Å²) in [4.78, 5) is 11.6. The van der Waals surface area contributed by atoms with Gasteiger partial charge in [0.2, 0.25) is 0 Å². The molecule has 0 aromatic heterocycles. The van der Waals surface area contributed by atoms with E-state index in [2.05, 4.69) is 0 Å². The molecule has 16 heavy (non-hydrogen) atoms. The first kappa shape index (κ1) is 9.49. The minimum atomic E-state index is 0.00273. The topological polar surface area (TPSA) is 26.3 Å². The molecule has 5 fully saturated rings. The van der Waals surface area contributed by atoms with Gasteiger partial charge in [-0.3, -0.25) is 4.79 Å². The van der Waals surface area contributed by atoms with Gasteiger partial charge in [0.15, 0.2) is 0 Å². The number of esters is 1. The standard InChI is InChI=1S/C14H20O2/c15-13-2-1-3-14(16-13)11-5-9-4-10(7-11)8-12(14)6-9/h9-12H,1-8H2. The van der Waals surface area contributed by atoms with Crippen molar-refractivity contribution in [2.45, 2.75) is 57.0 Å². The summed E-state index contributed by atoms with van der Waals surface area (Å²) in [5.41, 5.74) is 0.00273. The molecule has 0 aromatic carbocycles. The van der Waals surface area contributed by atoms with Crippen LogP contribution in [0.3, 0.4) is 0 Å². The molecule has 4 bridgehead atoms. The summed E-state index contributed by atoms with van der Waals surface area (Å²) in [5.74, 6) is 3.45. The van der Waals surface area contributed by atoms with Crippen molar-refractivity contribution in [1.29, 1.82) is 0 Å². The highest BCUT2D eigenvalue weighted by atomic mass is 16.6. The highest BCUT2D eigenvalue weighted by Crippen LogP contribution is 2.61. The van der Waals surface area contributed by atoms with Crippen molar-refractivity contribution in [3.63, 3.8) is 0 Å². The maximum absolute atomic E-state index is 11.6. The Morgan fingerprint density at radius 1 is 1.00 bits per heavy atom. The second-order valence-electron chi connectivity index (χ2n) is 6.59. The van der Waals surface area contributed by atoms with Gasteiger partial charge in [-0.2, -0.15) is 0 Å². The molecule has 0 radical (unpaired) electrons. The van der Waals surface area contributed by atoms with Crippen LogP contribution in [0.25, 0.3) is 0 Å². The van der Waals surface area contributed by atoms with Crippen LogP contribution in [0.4, 0.5) is 0 Å². The fourth-order valence-electron chi connectivity index (χ4n) is 5.38. The summed E-state index contributed by atoms with van der Waals surface area (Å²) in [6.07, 6.45) is 9.75. The highest BCUT2D eigenvalue weighted by molar-refractivity contribution is 5.70. The van der Waals surface area contributed by atoms with E-state index in [-0.39, 0.29) is 11.6 Å². The first-order valence-electron chi connectivity index (χ1n) is 6.98. The summed E-state index contributed by atoms with van der Waals surface area (Å²) in [6.45, 7) is 0. The van der Waals surface area contributed by atoms with E-state index in [1.807, 2.05) is 0 Å². The molecular formula is C14H20O2. The summed E-state index contributed by atoms with van der Waals surface area (Å²) < 4.78 is 5.91. The predicted molar refractivity (Wildman–Crippen MR) is 59.7 cm³/mol.